The van der Waals surface area contributed by atoms with Gasteiger partial charge in [-0.05, 0) is 53.9 Å². The fourth-order valence-corrected chi connectivity index (χ4v) is 3.17. The molecule has 1 heterocycles. The number of nitro groups is 1. The van der Waals surface area contributed by atoms with E-state index in [0.717, 1.165) is 11.1 Å². The summed E-state index contributed by atoms with van der Waals surface area (Å²) in [5.41, 5.74) is 3.95. The summed E-state index contributed by atoms with van der Waals surface area (Å²) in [4.78, 5) is 27.1. The number of nitro benzene ring substituents is 1. The molecule has 0 saturated carbocycles. The van der Waals surface area contributed by atoms with E-state index in [1.165, 1.54) is 29.8 Å². The predicted octanol–water partition coefficient (Wildman–Crippen LogP) is 5.54. The lowest BCUT2D eigenvalue weighted by atomic mass is 10.0. The lowest BCUT2D eigenvalue weighted by molar-refractivity contribution is -0.384. The third kappa shape index (κ3) is 4.75. The Morgan fingerprint density at radius 3 is 2.62 bits per heavy atom. The number of carbonyl (C=O) groups is 1. The van der Waals surface area contributed by atoms with E-state index in [1.54, 1.807) is 18.2 Å². The average Bonchev–Trinajstić information content (AvgIpc) is 3.21. The molecule has 4 aromatic rings. The highest BCUT2D eigenvalue weighted by molar-refractivity contribution is 5.92. The van der Waals surface area contributed by atoms with Gasteiger partial charge in [0.25, 0.3) is 11.6 Å². The molecule has 1 amide bonds. The Morgan fingerprint density at radius 2 is 1.91 bits per heavy atom. The van der Waals surface area contributed by atoms with Crippen LogP contribution in [0.5, 0.6) is 5.75 Å². The number of oxazole rings is 1. The van der Waals surface area contributed by atoms with Gasteiger partial charge in [0.05, 0.1) is 4.92 Å². The zero-order valence-corrected chi connectivity index (χ0v) is 17.6. The number of fused-ring (bicyclic) bond motifs is 1. The molecule has 162 valence electrons. The van der Waals surface area contributed by atoms with Crippen LogP contribution in [-0.4, -0.2) is 22.4 Å². The fraction of sp³-hybridized carbons (Fsp3) is 0.167. The third-order valence-corrected chi connectivity index (χ3v) is 4.89. The minimum atomic E-state index is -0.496. The van der Waals surface area contributed by atoms with Crippen molar-refractivity contribution < 1.29 is 18.9 Å². The normalized spacial score (nSPS) is 11.0. The van der Waals surface area contributed by atoms with Crippen LogP contribution < -0.4 is 10.1 Å². The molecule has 0 saturated heterocycles. The maximum atomic E-state index is 12.3. The molecule has 0 radical (unpaired) electrons. The maximum Gasteiger partial charge on any atom is 0.269 e. The van der Waals surface area contributed by atoms with Gasteiger partial charge in [-0.1, -0.05) is 26.0 Å². The Kier molecular flexibility index (Phi) is 5.85. The molecule has 0 spiro atoms. The monoisotopic (exact) mass is 431 g/mol. The van der Waals surface area contributed by atoms with Crippen LogP contribution in [0.25, 0.3) is 22.6 Å². The van der Waals surface area contributed by atoms with Gasteiger partial charge in [-0.2, -0.15) is 0 Å². The lowest BCUT2D eigenvalue weighted by Gasteiger charge is -2.08. The second-order valence-corrected chi connectivity index (χ2v) is 7.57. The third-order valence-electron chi connectivity index (χ3n) is 4.89. The van der Waals surface area contributed by atoms with E-state index in [9.17, 15) is 14.9 Å². The van der Waals surface area contributed by atoms with Gasteiger partial charge >= 0.3 is 0 Å². The molecule has 0 fully saturated rings. The summed E-state index contributed by atoms with van der Waals surface area (Å²) in [5, 5.41) is 13.5. The zero-order valence-electron chi connectivity index (χ0n) is 17.6. The second kappa shape index (κ2) is 8.89. The molecule has 0 aliphatic carbocycles. The highest BCUT2D eigenvalue weighted by atomic mass is 16.6. The van der Waals surface area contributed by atoms with E-state index in [-0.39, 0.29) is 18.2 Å². The number of ether oxygens (including phenoxy) is 1. The van der Waals surface area contributed by atoms with Crippen molar-refractivity contribution in [3.63, 3.8) is 0 Å². The number of nitrogens with one attached hydrogen (secondary N) is 1. The van der Waals surface area contributed by atoms with Crippen LogP contribution in [0, 0.1) is 10.1 Å². The van der Waals surface area contributed by atoms with Crippen molar-refractivity contribution in [2.24, 2.45) is 0 Å². The number of rotatable bonds is 7. The van der Waals surface area contributed by atoms with Gasteiger partial charge in [0.15, 0.2) is 12.2 Å². The Hall–Kier alpha value is -4.20. The van der Waals surface area contributed by atoms with Gasteiger partial charge in [-0.15, -0.1) is 0 Å². The number of carbonyl (C=O) groups excluding carboxylic acids is 1. The number of benzene rings is 3. The van der Waals surface area contributed by atoms with Gasteiger partial charge in [0.2, 0.25) is 5.89 Å². The van der Waals surface area contributed by atoms with Crippen molar-refractivity contribution in [3.8, 4) is 17.2 Å². The summed E-state index contributed by atoms with van der Waals surface area (Å²) in [7, 11) is 0. The largest absolute Gasteiger partial charge is 0.484 e. The van der Waals surface area contributed by atoms with E-state index < -0.39 is 4.92 Å². The van der Waals surface area contributed by atoms with Crippen LogP contribution in [-0.2, 0) is 4.79 Å². The molecule has 8 nitrogen and oxygen atoms in total. The summed E-state index contributed by atoms with van der Waals surface area (Å²) in [5.74, 6) is 0.872. The zero-order chi connectivity index (χ0) is 22.7. The first-order chi connectivity index (χ1) is 15.4. The number of hydrogen-bond acceptors (Lipinski definition) is 6. The molecular weight excluding hydrogens is 410 g/mol. The summed E-state index contributed by atoms with van der Waals surface area (Å²) in [6.45, 7) is 4.02. The first-order valence-corrected chi connectivity index (χ1v) is 10.1. The summed E-state index contributed by atoms with van der Waals surface area (Å²) < 4.78 is 11.3. The quantitative estimate of drug-likeness (QED) is 0.304. The fourth-order valence-electron chi connectivity index (χ4n) is 3.17. The SMILES string of the molecule is CC(C)c1ccc2oc(-c3cccc(NC(=O)COc4ccc([N+](=O)[O-])cc4)c3)nc2c1. The molecule has 1 N–H and O–H groups in total. The standard InChI is InChI=1S/C24H21N3O5/c1-15(2)16-6-11-22-21(13-16)26-24(32-22)17-4-3-5-18(12-17)25-23(28)14-31-20-9-7-19(8-10-20)27(29)30/h3-13,15H,14H2,1-2H3,(H,25,28). The van der Waals surface area contributed by atoms with Crippen molar-refractivity contribution in [2.45, 2.75) is 19.8 Å². The van der Waals surface area contributed by atoms with Crippen LogP contribution in [0.15, 0.2) is 71.1 Å². The molecule has 1 aromatic heterocycles. The summed E-state index contributed by atoms with van der Waals surface area (Å²) in [6, 6.07) is 18.7. The second-order valence-electron chi connectivity index (χ2n) is 7.57. The first kappa shape index (κ1) is 21.0. The minimum Gasteiger partial charge on any atom is -0.484 e. The van der Waals surface area contributed by atoms with E-state index in [0.29, 0.717) is 28.8 Å². The van der Waals surface area contributed by atoms with Gasteiger partial charge in [-0.3, -0.25) is 14.9 Å². The number of hydrogen-bond donors (Lipinski definition) is 1. The van der Waals surface area contributed by atoms with E-state index in [2.05, 4.69) is 24.1 Å². The Morgan fingerprint density at radius 1 is 1.12 bits per heavy atom. The number of nitrogens with zero attached hydrogens (tertiary/aromatic N) is 2. The smallest absolute Gasteiger partial charge is 0.269 e. The summed E-state index contributed by atoms with van der Waals surface area (Å²) >= 11 is 0. The van der Waals surface area contributed by atoms with Gasteiger partial charge in [0, 0.05) is 23.4 Å². The molecule has 0 aliphatic rings. The first-order valence-electron chi connectivity index (χ1n) is 10.1. The van der Waals surface area contributed by atoms with Gasteiger partial charge in [-0.25, -0.2) is 4.98 Å². The molecule has 0 unspecified atom stereocenters. The Balaban J connectivity index is 1.43. The number of non-ortho nitro benzene ring substituents is 1. The van der Waals surface area contributed by atoms with Crippen molar-refractivity contribution in [1.82, 2.24) is 4.98 Å². The average molecular weight is 431 g/mol. The molecule has 0 aliphatic heterocycles. The van der Waals surface area contributed by atoms with Gasteiger partial charge in [0.1, 0.15) is 11.3 Å². The van der Waals surface area contributed by atoms with Crippen LogP contribution >= 0.6 is 0 Å². The molecule has 32 heavy (non-hydrogen) atoms. The van der Waals surface area contributed by atoms with Crippen LogP contribution in [0.4, 0.5) is 11.4 Å². The van der Waals surface area contributed by atoms with Crippen LogP contribution in [0.1, 0.15) is 25.3 Å². The number of aromatic nitrogens is 1. The molecule has 0 atom stereocenters. The molecule has 8 heteroatoms. The Bertz CT molecular complexity index is 1280. The predicted molar refractivity (Wildman–Crippen MR) is 121 cm³/mol. The number of anilines is 1. The van der Waals surface area contributed by atoms with Crippen molar-refractivity contribution in [2.75, 3.05) is 11.9 Å². The molecule has 0 bridgehead atoms. The number of amides is 1. The van der Waals surface area contributed by atoms with E-state index in [1.807, 2.05) is 24.3 Å². The topological polar surface area (TPSA) is 108 Å². The highest BCUT2D eigenvalue weighted by Crippen LogP contribution is 2.28. The molecular formula is C24H21N3O5. The van der Waals surface area contributed by atoms with Crippen LogP contribution in [0.2, 0.25) is 0 Å². The highest BCUT2D eigenvalue weighted by Gasteiger charge is 2.12. The minimum absolute atomic E-state index is 0.0433. The molecule has 4 rings (SSSR count). The molecule has 3 aromatic carbocycles. The van der Waals surface area contributed by atoms with E-state index >= 15 is 0 Å². The van der Waals surface area contributed by atoms with Crippen molar-refractivity contribution in [3.05, 3.63) is 82.4 Å². The van der Waals surface area contributed by atoms with E-state index in [4.69, 9.17) is 9.15 Å². The van der Waals surface area contributed by atoms with Crippen LogP contribution in [0.3, 0.4) is 0 Å². The maximum absolute atomic E-state index is 12.3. The summed E-state index contributed by atoms with van der Waals surface area (Å²) in [6.07, 6.45) is 0. The van der Waals surface area contributed by atoms with Crippen molar-refractivity contribution in [1.29, 1.82) is 0 Å². The lowest BCUT2D eigenvalue weighted by Crippen LogP contribution is -2.20. The van der Waals surface area contributed by atoms with Gasteiger partial charge < -0.3 is 14.5 Å². The van der Waals surface area contributed by atoms with Crippen molar-refractivity contribution >= 4 is 28.4 Å². The Labute approximate surface area is 184 Å².